The average molecular weight is 194 g/mol. The maximum atomic E-state index is 5.72. The van der Waals surface area contributed by atoms with Crippen molar-refractivity contribution in [3.8, 4) is 0 Å². The fraction of sp³-hybridized carbons (Fsp3) is 0.111. The van der Waals surface area contributed by atoms with Crippen LogP contribution in [-0.2, 0) is 0 Å². The van der Waals surface area contributed by atoms with Gasteiger partial charge in [0.1, 0.15) is 5.15 Å². The first-order chi connectivity index (χ1) is 6.29. The Morgan fingerprint density at radius 2 is 2.31 bits per heavy atom. The van der Waals surface area contributed by atoms with Crippen LogP contribution in [0.15, 0.2) is 24.4 Å². The Labute approximate surface area is 80.7 Å². The van der Waals surface area contributed by atoms with Crippen LogP contribution in [0.2, 0.25) is 5.15 Å². The molecule has 0 aliphatic carbocycles. The summed E-state index contributed by atoms with van der Waals surface area (Å²) in [6.07, 6.45) is 5.55. The van der Waals surface area contributed by atoms with Gasteiger partial charge in [0.05, 0.1) is 11.9 Å². The molecule has 0 spiro atoms. The highest BCUT2D eigenvalue weighted by molar-refractivity contribution is 6.29. The zero-order valence-electron chi connectivity index (χ0n) is 7.11. The molecule has 2 heterocycles. The normalized spacial score (nSPS) is 11.5. The van der Waals surface area contributed by atoms with Gasteiger partial charge in [-0.15, -0.1) is 0 Å². The van der Waals surface area contributed by atoms with Crippen molar-refractivity contribution >= 4 is 23.3 Å². The largest absolute Gasteiger partial charge is 0.219 e. The molecule has 0 fully saturated rings. The molecule has 0 aliphatic rings. The summed E-state index contributed by atoms with van der Waals surface area (Å²) < 4.78 is 1.66. The third kappa shape index (κ3) is 1.55. The Kier molecular flexibility index (Phi) is 2.02. The van der Waals surface area contributed by atoms with E-state index in [0.717, 1.165) is 11.3 Å². The summed E-state index contributed by atoms with van der Waals surface area (Å²) in [6.45, 7) is 1.95. The molecule has 0 saturated carbocycles. The molecule has 0 aromatic carbocycles. The number of nitrogens with zero attached hydrogens (tertiary/aromatic N) is 3. The lowest BCUT2D eigenvalue weighted by Crippen LogP contribution is -1.91. The molecule has 0 bridgehead atoms. The molecule has 13 heavy (non-hydrogen) atoms. The number of halogens is 1. The van der Waals surface area contributed by atoms with Crippen LogP contribution in [-0.4, -0.2) is 14.6 Å². The van der Waals surface area contributed by atoms with Crippen molar-refractivity contribution in [1.29, 1.82) is 0 Å². The van der Waals surface area contributed by atoms with Crippen LogP contribution in [0.4, 0.5) is 0 Å². The highest BCUT2D eigenvalue weighted by atomic mass is 35.5. The fourth-order valence-electron chi connectivity index (χ4n) is 1.13. The molecule has 0 N–H and O–H groups in total. The van der Waals surface area contributed by atoms with Crippen molar-refractivity contribution < 1.29 is 0 Å². The monoisotopic (exact) mass is 193 g/mol. The Morgan fingerprint density at radius 3 is 3.08 bits per heavy atom. The summed E-state index contributed by atoms with van der Waals surface area (Å²) in [6, 6.07) is 3.78. The summed E-state index contributed by atoms with van der Waals surface area (Å²) in [5.74, 6) is 0. The molecule has 2 aromatic heterocycles. The second-order valence-corrected chi connectivity index (χ2v) is 3.01. The number of allylic oxidation sites excluding steroid dienone is 1. The Balaban J connectivity index is 2.61. The average Bonchev–Trinajstić information content (AvgIpc) is 2.44. The highest BCUT2D eigenvalue weighted by Crippen LogP contribution is 2.09. The van der Waals surface area contributed by atoms with Crippen molar-refractivity contribution in [1.82, 2.24) is 14.6 Å². The van der Waals surface area contributed by atoms with Crippen LogP contribution in [0.3, 0.4) is 0 Å². The van der Waals surface area contributed by atoms with E-state index < -0.39 is 0 Å². The maximum Gasteiger partial charge on any atom is 0.155 e. The van der Waals surface area contributed by atoms with Gasteiger partial charge in [-0.05, 0) is 25.1 Å². The van der Waals surface area contributed by atoms with E-state index in [-0.39, 0.29) is 0 Å². The van der Waals surface area contributed by atoms with Gasteiger partial charge in [0, 0.05) is 0 Å². The molecule has 0 saturated heterocycles. The van der Waals surface area contributed by atoms with Crippen LogP contribution < -0.4 is 0 Å². The van der Waals surface area contributed by atoms with Gasteiger partial charge in [0.15, 0.2) is 5.65 Å². The van der Waals surface area contributed by atoms with E-state index in [9.17, 15) is 0 Å². The Hall–Kier alpha value is -1.35. The van der Waals surface area contributed by atoms with Crippen LogP contribution in [0.5, 0.6) is 0 Å². The lowest BCUT2D eigenvalue weighted by Gasteiger charge is -1.93. The quantitative estimate of drug-likeness (QED) is 0.696. The molecule has 3 nitrogen and oxygen atoms in total. The Bertz CT molecular complexity index is 459. The van der Waals surface area contributed by atoms with E-state index in [2.05, 4.69) is 10.1 Å². The van der Waals surface area contributed by atoms with Gasteiger partial charge in [-0.1, -0.05) is 17.7 Å². The van der Waals surface area contributed by atoms with Crippen LogP contribution >= 0.6 is 11.6 Å². The van der Waals surface area contributed by atoms with Crippen LogP contribution in [0, 0.1) is 0 Å². The van der Waals surface area contributed by atoms with Crippen LogP contribution in [0.25, 0.3) is 11.7 Å². The second kappa shape index (κ2) is 3.18. The lowest BCUT2D eigenvalue weighted by molar-refractivity contribution is 0.926. The number of hydrogen-bond donors (Lipinski definition) is 0. The minimum atomic E-state index is 0.463. The smallest absolute Gasteiger partial charge is 0.155 e. The predicted octanol–water partition coefficient (Wildman–Crippen LogP) is 2.42. The molecule has 4 heteroatoms. The molecular formula is C9H8ClN3. The number of imidazole rings is 1. The summed E-state index contributed by atoms with van der Waals surface area (Å²) >= 11 is 5.72. The number of fused-ring (bicyclic) bond motifs is 1. The number of aromatic nitrogens is 3. The summed E-state index contributed by atoms with van der Waals surface area (Å²) in [5.41, 5.74) is 1.65. The predicted molar refractivity (Wildman–Crippen MR) is 52.7 cm³/mol. The SMILES string of the molecule is C/C=C\c1ccc2nc(Cl)cn2n1. The van der Waals surface area contributed by atoms with Crippen molar-refractivity contribution in [3.05, 3.63) is 35.3 Å². The lowest BCUT2D eigenvalue weighted by atomic mass is 10.3. The first-order valence-electron chi connectivity index (χ1n) is 3.94. The standard InChI is InChI=1S/C9H8ClN3/c1-2-3-7-4-5-9-11-8(10)6-13(9)12-7/h2-6H,1H3/b3-2-. The van der Waals surface area contributed by atoms with Gasteiger partial charge in [0.25, 0.3) is 0 Å². The molecule has 0 unspecified atom stereocenters. The van der Waals surface area contributed by atoms with Gasteiger partial charge in [-0.2, -0.15) is 5.10 Å². The molecule has 2 rings (SSSR count). The molecule has 0 aliphatic heterocycles. The molecule has 0 amide bonds. The fourth-order valence-corrected chi connectivity index (χ4v) is 1.31. The van der Waals surface area contributed by atoms with Gasteiger partial charge in [0.2, 0.25) is 0 Å². The minimum absolute atomic E-state index is 0.463. The third-order valence-corrected chi connectivity index (χ3v) is 1.83. The van der Waals surface area contributed by atoms with Crippen LogP contribution in [0.1, 0.15) is 12.6 Å². The van der Waals surface area contributed by atoms with Gasteiger partial charge >= 0.3 is 0 Å². The van der Waals surface area contributed by atoms with E-state index in [1.54, 1.807) is 10.7 Å². The highest BCUT2D eigenvalue weighted by Gasteiger charge is 1.98. The third-order valence-electron chi connectivity index (χ3n) is 1.65. The Morgan fingerprint density at radius 1 is 1.46 bits per heavy atom. The van der Waals surface area contributed by atoms with E-state index in [1.807, 2.05) is 31.2 Å². The van der Waals surface area contributed by atoms with E-state index in [4.69, 9.17) is 11.6 Å². The zero-order valence-corrected chi connectivity index (χ0v) is 7.86. The van der Waals surface area contributed by atoms with Crippen molar-refractivity contribution in [2.45, 2.75) is 6.92 Å². The number of rotatable bonds is 1. The van der Waals surface area contributed by atoms with E-state index in [0.29, 0.717) is 5.15 Å². The molecule has 66 valence electrons. The summed E-state index contributed by atoms with van der Waals surface area (Å²) in [7, 11) is 0. The second-order valence-electron chi connectivity index (χ2n) is 2.62. The summed E-state index contributed by atoms with van der Waals surface area (Å²) in [5, 5.41) is 4.73. The molecule has 2 aromatic rings. The topological polar surface area (TPSA) is 30.2 Å². The van der Waals surface area contributed by atoms with Gasteiger partial charge < -0.3 is 0 Å². The summed E-state index contributed by atoms with van der Waals surface area (Å²) in [4.78, 5) is 4.06. The van der Waals surface area contributed by atoms with E-state index in [1.165, 1.54) is 0 Å². The molecule has 0 radical (unpaired) electrons. The zero-order chi connectivity index (χ0) is 9.26. The van der Waals surface area contributed by atoms with Gasteiger partial charge in [-0.25, -0.2) is 9.50 Å². The molecule has 0 atom stereocenters. The van der Waals surface area contributed by atoms with Crippen molar-refractivity contribution in [2.75, 3.05) is 0 Å². The maximum absolute atomic E-state index is 5.72. The molecular weight excluding hydrogens is 186 g/mol. The minimum Gasteiger partial charge on any atom is -0.219 e. The van der Waals surface area contributed by atoms with Crippen molar-refractivity contribution in [3.63, 3.8) is 0 Å². The number of hydrogen-bond acceptors (Lipinski definition) is 2. The first kappa shape index (κ1) is 8.26. The first-order valence-corrected chi connectivity index (χ1v) is 4.32. The van der Waals surface area contributed by atoms with E-state index >= 15 is 0 Å². The van der Waals surface area contributed by atoms with Gasteiger partial charge in [-0.3, -0.25) is 0 Å². The van der Waals surface area contributed by atoms with Crippen molar-refractivity contribution in [2.24, 2.45) is 0 Å².